The van der Waals surface area contributed by atoms with Gasteiger partial charge in [0.05, 0.1) is 6.61 Å². The van der Waals surface area contributed by atoms with Crippen LogP contribution in [0.3, 0.4) is 0 Å². The molecule has 0 spiro atoms. The second-order valence-electron chi connectivity index (χ2n) is 6.19. The topological polar surface area (TPSA) is 46.6 Å². The lowest BCUT2D eigenvalue weighted by atomic mass is 9.78. The van der Waals surface area contributed by atoms with Gasteiger partial charge in [0, 0.05) is 23.7 Å². The monoisotopic (exact) mass is 229 g/mol. The Morgan fingerprint density at radius 1 is 1.25 bits per heavy atom. The van der Waals surface area contributed by atoms with E-state index in [-0.39, 0.29) is 17.7 Å². The van der Waals surface area contributed by atoms with E-state index < -0.39 is 0 Å². The number of piperidine rings is 1. The van der Waals surface area contributed by atoms with Gasteiger partial charge >= 0.3 is 0 Å². The smallest absolute Gasteiger partial charge is 0.0558 e. The fourth-order valence-electron chi connectivity index (χ4n) is 2.86. The van der Waals surface area contributed by atoms with Gasteiger partial charge in [-0.05, 0) is 47.6 Å². The highest BCUT2D eigenvalue weighted by atomic mass is 16.5. The van der Waals surface area contributed by atoms with Crippen molar-refractivity contribution in [2.45, 2.75) is 57.7 Å². The molecule has 0 amide bonds. The zero-order valence-electron chi connectivity index (χ0n) is 11.2. The second kappa shape index (κ2) is 4.61. The van der Waals surface area contributed by atoms with E-state index in [9.17, 15) is 5.21 Å². The van der Waals surface area contributed by atoms with Crippen LogP contribution in [-0.2, 0) is 5.21 Å². The molecule has 0 bridgehead atoms. The molecule has 4 heteroatoms. The maximum atomic E-state index is 12.1. The van der Waals surface area contributed by atoms with Gasteiger partial charge in [-0.3, -0.25) is 0 Å². The molecule has 0 atom stereocenters. The van der Waals surface area contributed by atoms with Crippen molar-refractivity contribution >= 4 is 0 Å². The SMILES string of the molecule is CN(CCO)C1CC(C)(C)N([O])C(C)(C)C1. The van der Waals surface area contributed by atoms with Crippen molar-refractivity contribution in [2.75, 3.05) is 20.2 Å². The van der Waals surface area contributed by atoms with Gasteiger partial charge in [-0.2, -0.15) is 0 Å². The van der Waals surface area contributed by atoms with E-state index in [0.717, 1.165) is 12.8 Å². The molecular weight excluding hydrogens is 204 g/mol. The van der Waals surface area contributed by atoms with Crippen LogP contribution in [0.2, 0.25) is 0 Å². The van der Waals surface area contributed by atoms with Crippen LogP contribution in [0.1, 0.15) is 40.5 Å². The Balaban J connectivity index is 2.78. The van der Waals surface area contributed by atoms with Crippen molar-refractivity contribution in [3.05, 3.63) is 0 Å². The lowest BCUT2D eigenvalue weighted by Gasteiger charge is -2.51. The number of rotatable bonds is 3. The van der Waals surface area contributed by atoms with Crippen molar-refractivity contribution in [3.8, 4) is 0 Å². The first kappa shape index (κ1) is 13.9. The molecule has 0 aromatic heterocycles. The summed E-state index contributed by atoms with van der Waals surface area (Å²) in [6.45, 7) is 8.85. The number of aliphatic hydroxyl groups excluding tert-OH is 1. The Hall–Kier alpha value is -0.160. The molecule has 1 fully saturated rings. The summed E-state index contributed by atoms with van der Waals surface area (Å²) in [5, 5.41) is 22.3. The third-order valence-corrected chi connectivity index (χ3v) is 3.65. The number of aliphatic hydroxyl groups is 1. The van der Waals surface area contributed by atoms with Crippen molar-refractivity contribution in [3.63, 3.8) is 0 Å². The van der Waals surface area contributed by atoms with Crippen molar-refractivity contribution in [1.29, 1.82) is 0 Å². The minimum absolute atomic E-state index is 0.176. The van der Waals surface area contributed by atoms with Crippen LogP contribution in [0, 0.1) is 0 Å². The van der Waals surface area contributed by atoms with E-state index in [2.05, 4.69) is 4.90 Å². The number of hydroxylamine groups is 2. The van der Waals surface area contributed by atoms with Gasteiger partial charge < -0.3 is 10.0 Å². The van der Waals surface area contributed by atoms with Crippen molar-refractivity contribution in [2.24, 2.45) is 0 Å². The first-order valence-corrected chi connectivity index (χ1v) is 5.99. The maximum absolute atomic E-state index is 12.1. The molecule has 1 heterocycles. The lowest BCUT2D eigenvalue weighted by Crippen LogP contribution is -2.62. The zero-order valence-corrected chi connectivity index (χ0v) is 11.2. The molecule has 1 aliphatic heterocycles. The summed E-state index contributed by atoms with van der Waals surface area (Å²) < 4.78 is 0. The van der Waals surface area contributed by atoms with Gasteiger partial charge in [-0.1, -0.05) is 0 Å². The Morgan fingerprint density at radius 2 is 1.69 bits per heavy atom. The summed E-state index contributed by atoms with van der Waals surface area (Å²) >= 11 is 0. The molecule has 1 N–H and O–H groups in total. The number of hydrogen-bond acceptors (Lipinski definition) is 3. The molecule has 1 saturated heterocycles. The normalized spacial score (nSPS) is 26.2. The summed E-state index contributed by atoms with van der Waals surface area (Å²) in [7, 11) is 2.02. The third kappa shape index (κ3) is 2.74. The predicted octanol–water partition coefficient (Wildman–Crippen LogP) is 1.28. The highest BCUT2D eigenvalue weighted by Gasteiger charge is 2.46. The number of likely N-dealkylation sites (N-methyl/N-ethyl adjacent to an activating group) is 1. The molecular formula is C12H25N2O2. The van der Waals surface area contributed by atoms with E-state index >= 15 is 0 Å². The number of nitrogens with zero attached hydrogens (tertiary/aromatic N) is 2. The van der Waals surface area contributed by atoms with Crippen LogP contribution in [-0.4, -0.2) is 52.4 Å². The first-order valence-electron chi connectivity index (χ1n) is 5.99. The number of hydrogen-bond donors (Lipinski definition) is 1. The molecule has 95 valence electrons. The van der Waals surface area contributed by atoms with Gasteiger partial charge in [0.1, 0.15) is 0 Å². The minimum Gasteiger partial charge on any atom is -0.395 e. The van der Waals surface area contributed by atoms with Gasteiger partial charge in [-0.15, -0.1) is 10.3 Å². The van der Waals surface area contributed by atoms with Crippen LogP contribution < -0.4 is 0 Å². The van der Waals surface area contributed by atoms with Crippen LogP contribution >= 0.6 is 0 Å². The quantitative estimate of drug-likeness (QED) is 0.793. The highest BCUT2D eigenvalue weighted by Crippen LogP contribution is 2.38. The molecule has 1 radical (unpaired) electrons. The van der Waals surface area contributed by atoms with E-state index in [1.54, 1.807) is 0 Å². The molecule has 16 heavy (non-hydrogen) atoms. The summed E-state index contributed by atoms with van der Waals surface area (Å²) in [5.41, 5.74) is -0.647. The molecule has 0 aromatic carbocycles. The summed E-state index contributed by atoms with van der Waals surface area (Å²) in [6.07, 6.45) is 1.72. The average Bonchev–Trinajstić information content (AvgIpc) is 2.13. The fraction of sp³-hybridized carbons (Fsp3) is 1.00. The average molecular weight is 229 g/mol. The second-order valence-corrected chi connectivity index (χ2v) is 6.19. The van der Waals surface area contributed by atoms with Crippen LogP contribution in [0.15, 0.2) is 0 Å². The van der Waals surface area contributed by atoms with E-state index in [4.69, 9.17) is 5.11 Å². The third-order valence-electron chi connectivity index (χ3n) is 3.65. The lowest BCUT2D eigenvalue weighted by molar-refractivity contribution is -0.294. The molecule has 0 aliphatic carbocycles. The van der Waals surface area contributed by atoms with E-state index in [1.165, 1.54) is 5.06 Å². The molecule has 0 saturated carbocycles. The Kier molecular flexibility index (Phi) is 4.00. The Bertz CT molecular complexity index is 223. The molecule has 0 aromatic rings. The van der Waals surface area contributed by atoms with Gasteiger partial charge in [0.2, 0.25) is 0 Å². The highest BCUT2D eigenvalue weighted by molar-refractivity contribution is 4.98. The predicted molar refractivity (Wildman–Crippen MR) is 63.4 cm³/mol. The van der Waals surface area contributed by atoms with E-state index in [1.807, 2.05) is 34.7 Å². The largest absolute Gasteiger partial charge is 0.395 e. The van der Waals surface area contributed by atoms with Gasteiger partial charge in [0.15, 0.2) is 0 Å². The fourth-order valence-corrected chi connectivity index (χ4v) is 2.86. The van der Waals surface area contributed by atoms with Crippen molar-refractivity contribution < 1.29 is 10.3 Å². The first-order chi connectivity index (χ1) is 7.20. The Morgan fingerprint density at radius 3 is 2.06 bits per heavy atom. The van der Waals surface area contributed by atoms with Crippen molar-refractivity contribution in [1.82, 2.24) is 9.96 Å². The molecule has 1 aliphatic rings. The Labute approximate surface area is 98.8 Å². The van der Waals surface area contributed by atoms with Gasteiger partial charge in [0.25, 0.3) is 0 Å². The minimum atomic E-state index is -0.323. The van der Waals surface area contributed by atoms with Crippen LogP contribution in [0.4, 0.5) is 0 Å². The standard InChI is InChI=1S/C12H25N2O2/c1-11(2)8-10(13(5)6-7-15)9-12(3,4)14(11)16/h10,15H,6-9H2,1-5H3. The van der Waals surface area contributed by atoms with Crippen LogP contribution in [0.5, 0.6) is 0 Å². The zero-order chi connectivity index (χ0) is 12.6. The summed E-state index contributed by atoms with van der Waals surface area (Å²) in [6, 6.07) is 0.377. The van der Waals surface area contributed by atoms with Gasteiger partial charge in [-0.25, -0.2) is 0 Å². The van der Waals surface area contributed by atoms with Crippen LogP contribution in [0.25, 0.3) is 0 Å². The summed E-state index contributed by atoms with van der Waals surface area (Å²) in [4.78, 5) is 2.16. The molecule has 0 unspecified atom stereocenters. The maximum Gasteiger partial charge on any atom is 0.0558 e. The molecule has 4 nitrogen and oxygen atoms in total. The van der Waals surface area contributed by atoms with E-state index in [0.29, 0.717) is 12.6 Å². The summed E-state index contributed by atoms with van der Waals surface area (Å²) in [5.74, 6) is 0. The molecule has 1 rings (SSSR count).